The number of amides is 1. The highest BCUT2D eigenvalue weighted by molar-refractivity contribution is 5.91. The van der Waals surface area contributed by atoms with E-state index in [9.17, 15) is 4.79 Å². The van der Waals surface area contributed by atoms with Gasteiger partial charge >= 0.3 is 0 Å². The van der Waals surface area contributed by atoms with Gasteiger partial charge in [0.1, 0.15) is 0 Å². The molecule has 0 fully saturated rings. The molecule has 110 valence electrons. The number of hydrogen-bond donors (Lipinski definition) is 2. The molecule has 0 heterocycles. The lowest BCUT2D eigenvalue weighted by atomic mass is 10.2. The first-order valence-corrected chi connectivity index (χ1v) is 6.58. The second-order valence-corrected chi connectivity index (χ2v) is 4.04. The molecule has 1 rings (SSSR count). The molecule has 20 heavy (non-hydrogen) atoms. The summed E-state index contributed by atoms with van der Waals surface area (Å²) < 4.78 is 10.7. The van der Waals surface area contributed by atoms with Crippen molar-refractivity contribution < 1.29 is 19.4 Å². The van der Waals surface area contributed by atoms with E-state index in [4.69, 9.17) is 14.6 Å². The molecule has 0 aliphatic heterocycles. The van der Waals surface area contributed by atoms with Crippen molar-refractivity contribution in [1.29, 1.82) is 0 Å². The lowest BCUT2D eigenvalue weighted by molar-refractivity contribution is -0.116. The summed E-state index contributed by atoms with van der Waals surface area (Å²) in [5.74, 6) is 1.13. The maximum absolute atomic E-state index is 11.5. The molecule has 0 bridgehead atoms. The van der Waals surface area contributed by atoms with Crippen LogP contribution in [0, 0.1) is 0 Å². The van der Waals surface area contributed by atoms with Crippen LogP contribution in [0.25, 0.3) is 6.08 Å². The van der Waals surface area contributed by atoms with Crippen LogP contribution in [0.3, 0.4) is 0 Å². The normalized spacial score (nSPS) is 10.6. The molecule has 5 heteroatoms. The van der Waals surface area contributed by atoms with Crippen LogP contribution in [-0.2, 0) is 4.79 Å². The van der Waals surface area contributed by atoms with E-state index < -0.39 is 0 Å². The summed E-state index contributed by atoms with van der Waals surface area (Å²) in [5, 5.41) is 11.3. The minimum Gasteiger partial charge on any atom is -0.493 e. The predicted octanol–water partition coefficient (Wildman–Crippen LogP) is 1.61. The second kappa shape index (κ2) is 8.98. The van der Waals surface area contributed by atoms with Crippen LogP contribution in [-0.4, -0.2) is 37.9 Å². The zero-order chi connectivity index (χ0) is 14.8. The average Bonchev–Trinajstić information content (AvgIpc) is 2.46. The fraction of sp³-hybridized carbons (Fsp3) is 0.400. The van der Waals surface area contributed by atoms with Gasteiger partial charge in [0.2, 0.25) is 5.91 Å². The molecular formula is C15H21NO4. The summed E-state index contributed by atoms with van der Waals surface area (Å²) >= 11 is 0. The van der Waals surface area contributed by atoms with Crippen LogP contribution < -0.4 is 14.8 Å². The smallest absolute Gasteiger partial charge is 0.244 e. The van der Waals surface area contributed by atoms with Crippen LogP contribution in [0.5, 0.6) is 11.5 Å². The Balaban J connectivity index is 2.67. The molecule has 0 aliphatic carbocycles. The molecule has 0 aromatic heterocycles. The molecule has 0 saturated heterocycles. The monoisotopic (exact) mass is 279 g/mol. The summed E-state index contributed by atoms with van der Waals surface area (Å²) in [5.41, 5.74) is 0.853. The zero-order valence-electron chi connectivity index (χ0n) is 11.9. The third-order valence-electron chi connectivity index (χ3n) is 2.55. The van der Waals surface area contributed by atoms with Crippen molar-refractivity contribution in [3.63, 3.8) is 0 Å². The minimum atomic E-state index is -0.188. The number of aliphatic hydroxyl groups is 1. The van der Waals surface area contributed by atoms with Gasteiger partial charge in [-0.25, -0.2) is 0 Å². The number of nitrogens with one attached hydrogen (secondary N) is 1. The van der Waals surface area contributed by atoms with E-state index in [0.29, 0.717) is 31.1 Å². The fourth-order valence-electron chi connectivity index (χ4n) is 1.59. The van der Waals surface area contributed by atoms with Gasteiger partial charge in [0.15, 0.2) is 11.5 Å². The maximum atomic E-state index is 11.5. The van der Waals surface area contributed by atoms with Crippen molar-refractivity contribution in [2.45, 2.75) is 13.3 Å². The van der Waals surface area contributed by atoms with Gasteiger partial charge in [-0.15, -0.1) is 0 Å². The lowest BCUT2D eigenvalue weighted by Gasteiger charge is -2.09. The number of benzene rings is 1. The summed E-state index contributed by atoms with van der Waals surface area (Å²) in [6, 6.07) is 5.47. The molecule has 0 saturated carbocycles. The first-order valence-electron chi connectivity index (χ1n) is 6.58. The first kappa shape index (κ1) is 16.0. The highest BCUT2D eigenvalue weighted by atomic mass is 16.5. The van der Waals surface area contributed by atoms with Gasteiger partial charge in [-0.1, -0.05) is 6.07 Å². The van der Waals surface area contributed by atoms with E-state index in [0.717, 1.165) is 5.56 Å². The van der Waals surface area contributed by atoms with Gasteiger partial charge in [0.25, 0.3) is 0 Å². The van der Waals surface area contributed by atoms with Crippen LogP contribution in [0.4, 0.5) is 0 Å². The Morgan fingerprint density at radius 1 is 1.40 bits per heavy atom. The van der Waals surface area contributed by atoms with Crippen molar-refractivity contribution in [2.24, 2.45) is 0 Å². The maximum Gasteiger partial charge on any atom is 0.244 e. The molecule has 1 aromatic rings. The topological polar surface area (TPSA) is 67.8 Å². The SMILES string of the molecule is CCOc1cc(/C=C/C(=O)NCCCO)ccc1OC. The fourth-order valence-corrected chi connectivity index (χ4v) is 1.59. The van der Waals surface area contributed by atoms with E-state index >= 15 is 0 Å². The molecule has 1 amide bonds. The number of ether oxygens (including phenoxy) is 2. The van der Waals surface area contributed by atoms with E-state index in [1.54, 1.807) is 19.3 Å². The molecule has 1 aromatic carbocycles. The number of methoxy groups -OCH3 is 1. The molecular weight excluding hydrogens is 258 g/mol. The van der Waals surface area contributed by atoms with Crippen LogP contribution >= 0.6 is 0 Å². The van der Waals surface area contributed by atoms with Crippen molar-refractivity contribution in [1.82, 2.24) is 5.32 Å². The molecule has 0 atom stereocenters. The average molecular weight is 279 g/mol. The lowest BCUT2D eigenvalue weighted by Crippen LogP contribution is -2.22. The zero-order valence-corrected chi connectivity index (χ0v) is 11.9. The number of carbonyl (C=O) groups is 1. The third kappa shape index (κ3) is 5.32. The molecule has 5 nitrogen and oxygen atoms in total. The summed E-state index contributed by atoms with van der Waals surface area (Å²) in [4.78, 5) is 11.5. The number of rotatable bonds is 8. The number of hydrogen-bond acceptors (Lipinski definition) is 4. The standard InChI is InChI=1S/C15H21NO4/c1-3-20-14-11-12(5-7-13(14)19-2)6-8-15(18)16-9-4-10-17/h5-8,11,17H,3-4,9-10H2,1-2H3,(H,16,18)/b8-6+. The van der Waals surface area contributed by atoms with Crippen LogP contribution in [0.1, 0.15) is 18.9 Å². The highest BCUT2D eigenvalue weighted by Gasteiger charge is 2.04. The Bertz CT molecular complexity index is 457. The Morgan fingerprint density at radius 2 is 2.20 bits per heavy atom. The van der Waals surface area contributed by atoms with Gasteiger partial charge in [-0.05, 0) is 37.1 Å². The van der Waals surface area contributed by atoms with E-state index in [-0.39, 0.29) is 12.5 Å². The summed E-state index contributed by atoms with van der Waals surface area (Å²) in [6.07, 6.45) is 3.71. The molecule has 0 radical (unpaired) electrons. The number of carbonyl (C=O) groups excluding carboxylic acids is 1. The summed E-state index contributed by atoms with van der Waals surface area (Å²) in [6.45, 7) is 2.98. The Morgan fingerprint density at radius 3 is 2.85 bits per heavy atom. The third-order valence-corrected chi connectivity index (χ3v) is 2.55. The highest BCUT2D eigenvalue weighted by Crippen LogP contribution is 2.28. The molecule has 0 spiro atoms. The second-order valence-electron chi connectivity index (χ2n) is 4.04. The van der Waals surface area contributed by atoms with Gasteiger partial charge < -0.3 is 19.9 Å². The largest absolute Gasteiger partial charge is 0.493 e. The molecule has 0 unspecified atom stereocenters. The van der Waals surface area contributed by atoms with E-state index in [2.05, 4.69) is 5.32 Å². The molecule has 0 aliphatic rings. The molecule has 2 N–H and O–H groups in total. The predicted molar refractivity (Wildman–Crippen MR) is 77.9 cm³/mol. The minimum absolute atomic E-state index is 0.0696. The quantitative estimate of drug-likeness (QED) is 0.560. The first-order chi connectivity index (χ1) is 9.71. The van der Waals surface area contributed by atoms with E-state index in [1.807, 2.05) is 19.1 Å². The van der Waals surface area contributed by atoms with Crippen LogP contribution in [0.2, 0.25) is 0 Å². The summed E-state index contributed by atoms with van der Waals surface area (Å²) in [7, 11) is 1.59. The van der Waals surface area contributed by atoms with Gasteiger partial charge in [-0.2, -0.15) is 0 Å². The number of aliphatic hydroxyl groups excluding tert-OH is 1. The van der Waals surface area contributed by atoms with Crippen molar-refractivity contribution in [3.8, 4) is 11.5 Å². The van der Waals surface area contributed by atoms with Gasteiger partial charge in [-0.3, -0.25) is 4.79 Å². The van der Waals surface area contributed by atoms with Crippen molar-refractivity contribution >= 4 is 12.0 Å². The van der Waals surface area contributed by atoms with Crippen molar-refractivity contribution in [2.75, 3.05) is 26.9 Å². The van der Waals surface area contributed by atoms with Gasteiger partial charge in [0.05, 0.1) is 13.7 Å². The van der Waals surface area contributed by atoms with Gasteiger partial charge in [0, 0.05) is 19.2 Å². The Kier molecular flexibility index (Phi) is 7.21. The van der Waals surface area contributed by atoms with E-state index in [1.165, 1.54) is 6.08 Å². The van der Waals surface area contributed by atoms with Crippen molar-refractivity contribution in [3.05, 3.63) is 29.8 Å². The Hall–Kier alpha value is -2.01. The Labute approximate surface area is 119 Å². The van der Waals surface area contributed by atoms with Crippen LogP contribution in [0.15, 0.2) is 24.3 Å².